The van der Waals surface area contributed by atoms with E-state index in [0.29, 0.717) is 19.6 Å². The number of carbonyl (C=O) groups is 1. The fourth-order valence-electron chi connectivity index (χ4n) is 3.18. The van der Waals surface area contributed by atoms with E-state index >= 15 is 0 Å². The van der Waals surface area contributed by atoms with E-state index in [9.17, 15) is 4.79 Å². The van der Waals surface area contributed by atoms with Crippen LogP contribution in [0, 0.1) is 5.41 Å². The van der Waals surface area contributed by atoms with E-state index in [-0.39, 0.29) is 11.3 Å². The van der Waals surface area contributed by atoms with Crippen molar-refractivity contribution in [3.63, 3.8) is 0 Å². The van der Waals surface area contributed by atoms with Crippen LogP contribution in [0.15, 0.2) is 0 Å². The summed E-state index contributed by atoms with van der Waals surface area (Å²) in [6, 6.07) is 0. The van der Waals surface area contributed by atoms with Gasteiger partial charge >= 0.3 is 0 Å². The first-order chi connectivity index (χ1) is 8.76. The molecule has 0 aromatic carbocycles. The van der Waals surface area contributed by atoms with Crippen molar-refractivity contribution in [1.82, 2.24) is 4.90 Å². The van der Waals surface area contributed by atoms with Gasteiger partial charge in [0.1, 0.15) is 0 Å². The Kier molecular flexibility index (Phi) is 5.01. The van der Waals surface area contributed by atoms with Crippen LogP contribution in [0.25, 0.3) is 0 Å². The van der Waals surface area contributed by atoms with Crippen molar-refractivity contribution in [3.8, 4) is 0 Å². The van der Waals surface area contributed by atoms with Crippen LogP contribution in [0.5, 0.6) is 0 Å². The third kappa shape index (κ3) is 3.45. The van der Waals surface area contributed by atoms with Crippen LogP contribution in [0.3, 0.4) is 0 Å². The van der Waals surface area contributed by atoms with Crippen LogP contribution in [0.1, 0.15) is 44.9 Å². The molecule has 4 nitrogen and oxygen atoms in total. The van der Waals surface area contributed by atoms with E-state index in [2.05, 4.69) is 0 Å². The molecular formula is C14H26N2O2. The van der Waals surface area contributed by atoms with Gasteiger partial charge in [-0.2, -0.15) is 0 Å². The van der Waals surface area contributed by atoms with Crippen LogP contribution in [0.2, 0.25) is 0 Å². The summed E-state index contributed by atoms with van der Waals surface area (Å²) in [7, 11) is 0. The zero-order valence-electron chi connectivity index (χ0n) is 11.3. The summed E-state index contributed by atoms with van der Waals surface area (Å²) >= 11 is 0. The highest BCUT2D eigenvalue weighted by atomic mass is 16.5. The molecule has 0 spiro atoms. The molecule has 0 atom stereocenters. The Bertz CT molecular complexity index is 267. The van der Waals surface area contributed by atoms with Gasteiger partial charge in [-0.25, -0.2) is 0 Å². The zero-order valence-corrected chi connectivity index (χ0v) is 11.3. The van der Waals surface area contributed by atoms with Gasteiger partial charge in [-0.15, -0.1) is 0 Å². The standard InChI is InChI=1S/C14H26N2O2/c15-12-14(5-2-1-3-6-14)11-13(17)16-7-4-9-18-10-8-16/h1-12,15H2. The van der Waals surface area contributed by atoms with E-state index in [1.807, 2.05) is 4.90 Å². The monoisotopic (exact) mass is 254 g/mol. The topological polar surface area (TPSA) is 55.6 Å². The molecule has 0 bridgehead atoms. The average Bonchev–Trinajstić information content (AvgIpc) is 2.68. The van der Waals surface area contributed by atoms with Crippen molar-refractivity contribution < 1.29 is 9.53 Å². The maximum absolute atomic E-state index is 12.4. The molecule has 0 radical (unpaired) electrons. The minimum Gasteiger partial charge on any atom is -0.380 e. The normalized spacial score (nSPS) is 24.6. The molecule has 1 aliphatic heterocycles. The summed E-state index contributed by atoms with van der Waals surface area (Å²) in [4.78, 5) is 14.4. The highest BCUT2D eigenvalue weighted by Crippen LogP contribution is 2.38. The van der Waals surface area contributed by atoms with Gasteiger partial charge in [-0.3, -0.25) is 4.79 Å². The first kappa shape index (κ1) is 13.8. The summed E-state index contributed by atoms with van der Waals surface area (Å²) in [5.74, 6) is 0.285. The number of rotatable bonds is 3. The first-order valence-electron chi connectivity index (χ1n) is 7.31. The van der Waals surface area contributed by atoms with Crippen molar-refractivity contribution in [1.29, 1.82) is 0 Å². The minimum absolute atomic E-state index is 0.0858. The number of carbonyl (C=O) groups excluding carboxylic acids is 1. The smallest absolute Gasteiger partial charge is 0.223 e. The quantitative estimate of drug-likeness (QED) is 0.831. The van der Waals surface area contributed by atoms with Gasteiger partial charge in [0.05, 0.1) is 6.61 Å². The lowest BCUT2D eigenvalue weighted by atomic mass is 9.71. The van der Waals surface area contributed by atoms with Crippen molar-refractivity contribution in [2.24, 2.45) is 11.1 Å². The molecule has 2 rings (SSSR count). The molecular weight excluding hydrogens is 228 g/mol. The SMILES string of the molecule is NCC1(CC(=O)N2CCCOCC2)CCCCC1. The number of hydrogen-bond donors (Lipinski definition) is 1. The molecule has 4 heteroatoms. The molecule has 1 saturated carbocycles. The van der Waals surface area contributed by atoms with Crippen LogP contribution in [0.4, 0.5) is 0 Å². The highest BCUT2D eigenvalue weighted by molar-refractivity contribution is 5.77. The summed E-state index contributed by atoms with van der Waals surface area (Å²) in [6.07, 6.45) is 7.61. The van der Waals surface area contributed by atoms with Crippen molar-refractivity contribution in [2.45, 2.75) is 44.9 Å². The predicted molar refractivity (Wildman–Crippen MR) is 71.2 cm³/mol. The lowest BCUT2D eigenvalue weighted by Gasteiger charge is -2.37. The molecule has 1 aliphatic carbocycles. The molecule has 2 fully saturated rings. The van der Waals surface area contributed by atoms with Gasteiger partial charge < -0.3 is 15.4 Å². The Morgan fingerprint density at radius 2 is 1.89 bits per heavy atom. The van der Waals surface area contributed by atoms with Gasteiger partial charge in [-0.05, 0) is 31.2 Å². The van der Waals surface area contributed by atoms with Gasteiger partial charge in [0.15, 0.2) is 0 Å². The summed E-state index contributed by atoms with van der Waals surface area (Å²) in [5, 5.41) is 0. The lowest BCUT2D eigenvalue weighted by molar-refractivity contribution is -0.134. The Morgan fingerprint density at radius 1 is 1.11 bits per heavy atom. The van der Waals surface area contributed by atoms with Crippen LogP contribution in [-0.2, 0) is 9.53 Å². The van der Waals surface area contributed by atoms with E-state index in [0.717, 1.165) is 39.0 Å². The molecule has 1 amide bonds. The van der Waals surface area contributed by atoms with E-state index in [1.54, 1.807) is 0 Å². The molecule has 2 N–H and O–H groups in total. The van der Waals surface area contributed by atoms with E-state index in [1.165, 1.54) is 19.3 Å². The molecule has 1 saturated heterocycles. The molecule has 104 valence electrons. The summed E-state index contributed by atoms with van der Waals surface area (Å²) in [5.41, 5.74) is 6.04. The number of nitrogens with zero attached hydrogens (tertiary/aromatic N) is 1. The predicted octanol–water partition coefficient (Wildman–Crippen LogP) is 1.53. The second-order valence-corrected chi connectivity index (χ2v) is 5.79. The highest BCUT2D eigenvalue weighted by Gasteiger charge is 2.34. The van der Waals surface area contributed by atoms with E-state index in [4.69, 9.17) is 10.5 Å². The van der Waals surface area contributed by atoms with E-state index < -0.39 is 0 Å². The van der Waals surface area contributed by atoms with Gasteiger partial charge in [0.25, 0.3) is 0 Å². The summed E-state index contributed by atoms with van der Waals surface area (Å²) in [6.45, 7) is 3.72. The maximum Gasteiger partial charge on any atom is 0.223 e. The second kappa shape index (κ2) is 6.53. The molecule has 0 aromatic heterocycles. The zero-order chi connectivity index (χ0) is 12.8. The van der Waals surface area contributed by atoms with Gasteiger partial charge in [0, 0.05) is 26.1 Å². The Morgan fingerprint density at radius 3 is 2.61 bits per heavy atom. The fourth-order valence-corrected chi connectivity index (χ4v) is 3.18. The molecule has 0 unspecified atom stereocenters. The van der Waals surface area contributed by atoms with Gasteiger partial charge in [-0.1, -0.05) is 19.3 Å². The Balaban J connectivity index is 1.91. The Hall–Kier alpha value is -0.610. The molecule has 18 heavy (non-hydrogen) atoms. The molecule has 1 heterocycles. The fraction of sp³-hybridized carbons (Fsp3) is 0.929. The largest absolute Gasteiger partial charge is 0.380 e. The van der Waals surface area contributed by atoms with Crippen molar-refractivity contribution in [2.75, 3.05) is 32.8 Å². The van der Waals surface area contributed by atoms with Crippen LogP contribution in [-0.4, -0.2) is 43.7 Å². The number of nitrogens with two attached hydrogens (primary N) is 1. The third-order valence-corrected chi connectivity index (χ3v) is 4.45. The first-order valence-corrected chi connectivity index (χ1v) is 7.31. The molecule has 2 aliphatic rings. The second-order valence-electron chi connectivity index (χ2n) is 5.79. The van der Waals surface area contributed by atoms with Crippen LogP contribution < -0.4 is 5.73 Å². The minimum atomic E-state index is 0.0858. The number of ether oxygens (including phenoxy) is 1. The number of amides is 1. The van der Waals surface area contributed by atoms with Crippen molar-refractivity contribution >= 4 is 5.91 Å². The molecule has 0 aromatic rings. The summed E-state index contributed by atoms with van der Waals surface area (Å²) < 4.78 is 5.40. The Labute approximate surface area is 110 Å². The van der Waals surface area contributed by atoms with Gasteiger partial charge in [0.2, 0.25) is 5.91 Å². The lowest BCUT2D eigenvalue weighted by Crippen LogP contribution is -2.41. The average molecular weight is 254 g/mol. The third-order valence-electron chi connectivity index (χ3n) is 4.45. The maximum atomic E-state index is 12.4. The van der Waals surface area contributed by atoms with Crippen LogP contribution >= 0.6 is 0 Å². The number of hydrogen-bond acceptors (Lipinski definition) is 3. The van der Waals surface area contributed by atoms with Crippen molar-refractivity contribution in [3.05, 3.63) is 0 Å².